The van der Waals surface area contributed by atoms with Gasteiger partial charge in [0, 0.05) is 18.8 Å². The minimum Gasteiger partial charge on any atom is -0.458 e. The maximum Gasteiger partial charge on any atom is 0.338 e. The minimum absolute atomic E-state index is 0.203. The van der Waals surface area contributed by atoms with Gasteiger partial charge in [-0.05, 0) is 56.9 Å². The average molecular weight is 385 g/mol. The summed E-state index contributed by atoms with van der Waals surface area (Å²) in [5, 5.41) is 0. The van der Waals surface area contributed by atoms with Gasteiger partial charge in [-0.1, -0.05) is 43.7 Å². The zero-order valence-electron chi connectivity index (χ0n) is 17.7. The fourth-order valence-electron chi connectivity index (χ4n) is 3.42. The highest BCUT2D eigenvalue weighted by atomic mass is 16.5. The van der Waals surface area contributed by atoms with Gasteiger partial charge in [0.25, 0.3) is 0 Å². The Hall–Kier alpha value is -2.36. The summed E-state index contributed by atoms with van der Waals surface area (Å²) < 4.78 is 11.5. The molecule has 2 rings (SSSR count). The smallest absolute Gasteiger partial charge is 0.338 e. The minimum atomic E-state index is -0.394. The molecule has 0 saturated carbocycles. The van der Waals surface area contributed by atoms with E-state index in [4.69, 9.17) is 9.47 Å². The molecule has 1 aromatic carbocycles. The van der Waals surface area contributed by atoms with Crippen molar-refractivity contribution in [2.45, 2.75) is 72.5 Å². The van der Waals surface area contributed by atoms with Gasteiger partial charge >= 0.3 is 11.9 Å². The van der Waals surface area contributed by atoms with E-state index in [-0.39, 0.29) is 23.5 Å². The third kappa shape index (κ3) is 6.36. The average Bonchev–Trinajstić information content (AvgIpc) is 2.65. The van der Waals surface area contributed by atoms with E-state index in [1.807, 2.05) is 31.2 Å². The molecule has 4 nitrogen and oxygen atoms in total. The van der Waals surface area contributed by atoms with E-state index in [9.17, 15) is 9.59 Å². The van der Waals surface area contributed by atoms with Gasteiger partial charge in [-0.25, -0.2) is 4.79 Å². The van der Waals surface area contributed by atoms with Crippen molar-refractivity contribution < 1.29 is 19.1 Å². The Morgan fingerprint density at radius 3 is 2.39 bits per heavy atom. The number of carbonyl (C=O) groups excluding carboxylic acids is 2. The zero-order chi connectivity index (χ0) is 20.7. The highest BCUT2D eigenvalue weighted by Crippen LogP contribution is 2.34. The van der Waals surface area contributed by atoms with E-state index in [1.165, 1.54) is 12.5 Å². The number of hydrogen-bond acceptors (Lipinski definition) is 4. The van der Waals surface area contributed by atoms with Crippen LogP contribution >= 0.6 is 0 Å². The molecule has 0 aliphatic heterocycles. The summed E-state index contributed by atoms with van der Waals surface area (Å²) >= 11 is 0. The topological polar surface area (TPSA) is 52.6 Å². The maximum absolute atomic E-state index is 12.6. The van der Waals surface area contributed by atoms with Crippen molar-refractivity contribution in [1.82, 2.24) is 0 Å². The lowest BCUT2D eigenvalue weighted by molar-refractivity contribution is -0.149. The largest absolute Gasteiger partial charge is 0.458 e. The van der Waals surface area contributed by atoms with Crippen LogP contribution in [0, 0.1) is 5.41 Å². The number of rotatable bonds is 3. The lowest BCUT2D eigenvalue weighted by Gasteiger charge is -2.32. The van der Waals surface area contributed by atoms with Crippen molar-refractivity contribution >= 4 is 11.9 Å². The van der Waals surface area contributed by atoms with Crippen LogP contribution in [0.2, 0.25) is 0 Å². The summed E-state index contributed by atoms with van der Waals surface area (Å²) in [6.45, 7) is 9.72. The second kappa shape index (κ2) is 9.72. The lowest BCUT2D eigenvalue weighted by atomic mass is 9.80. The normalized spacial score (nSPS) is 26.6. The molecule has 0 heterocycles. The molecule has 1 unspecified atom stereocenters. The first-order valence-electron chi connectivity index (χ1n) is 9.96. The standard InChI is InChI=1S/C24H32O4/c1-17-10-9-15-24(4,5)22(27-19(3)25)16-18(2)21(14-13-17)28-23(26)20-11-7-6-8-12-20/h6-8,11-13,16,21-22H,9-10,14-15H2,1-5H3/b17-13+,18-16-/t21?,22-/m1/s1. The summed E-state index contributed by atoms with van der Waals surface area (Å²) in [6.07, 6.45) is 6.91. The van der Waals surface area contributed by atoms with Crippen molar-refractivity contribution in [3.8, 4) is 0 Å². The van der Waals surface area contributed by atoms with E-state index in [2.05, 4.69) is 26.8 Å². The Labute approximate surface area is 168 Å². The number of allylic oxidation sites excluding steroid dienone is 1. The van der Waals surface area contributed by atoms with Crippen molar-refractivity contribution in [2.75, 3.05) is 0 Å². The summed E-state index contributed by atoms with van der Waals surface area (Å²) in [5.41, 5.74) is 2.51. The molecule has 1 aliphatic carbocycles. The molecule has 0 saturated heterocycles. The molecule has 28 heavy (non-hydrogen) atoms. The van der Waals surface area contributed by atoms with Gasteiger partial charge < -0.3 is 9.47 Å². The van der Waals surface area contributed by atoms with E-state index in [0.717, 1.165) is 24.8 Å². The molecule has 1 aliphatic rings. The highest BCUT2D eigenvalue weighted by Gasteiger charge is 2.31. The molecule has 0 amide bonds. The number of ether oxygens (including phenoxy) is 2. The molecule has 0 bridgehead atoms. The molecule has 0 N–H and O–H groups in total. The molecular formula is C24H32O4. The monoisotopic (exact) mass is 384 g/mol. The van der Waals surface area contributed by atoms with Crippen LogP contribution in [0.15, 0.2) is 53.6 Å². The molecule has 2 atom stereocenters. The quantitative estimate of drug-likeness (QED) is 0.500. The van der Waals surface area contributed by atoms with E-state index < -0.39 is 6.10 Å². The van der Waals surface area contributed by atoms with Gasteiger partial charge in [-0.15, -0.1) is 0 Å². The van der Waals surface area contributed by atoms with E-state index >= 15 is 0 Å². The maximum atomic E-state index is 12.6. The third-order valence-corrected chi connectivity index (χ3v) is 5.32. The van der Waals surface area contributed by atoms with Crippen LogP contribution < -0.4 is 0 Å². The first kappa shape index (κ1) is 21.9. The van der Waals surface area contributed by atoms with Gasteiger partial charge in [0.15, 0.2) is 0 Å². The van der Waals surface area contributed by atoms with Crippen LogP contribution in [0.25, 0.3) is 0 Å². The van der Waals surface area contributed by atoms with Gasteiger partial charge in [-0.2, -0.15) is 0 Å². The Balaban J connectivity index is 2.33. The van der Waals surface area contributed by atoms with Crippen molar-refractivity contribution in [2.24, 2.45) is 5.41 Å². The second-order valence-electron chi connectivity index (χ2n) is 8.33. The Morgan fingerprint density at radius 2 is 1.75 bits per heavy atom. The molecule has 0 spiro atoms. The van der Waals surface area contributed by atoms with Crippen LogP contribution in [0.3, 0.4) is 0 Å². The number of benzene rings is 1. The predicted octanol–water partition coefficient (Wildman–Crippen LogP) is 5.64. The fourth-order valence-corrected chi connectivity index (χ4v) is 3.42. The summed E-state index contributed by atoms with van der Waals surface area (Å²) in [6, 6.07) is 9.00. The Bertz CT molecular complexity index is 743. The van der Waals surface area contributed by atoms with Crippen molar-refractivity contribution in [3.05, 3.63) is 59.2 Å². The third-order valence-electron chi connectivity index (χ3n) is 5.32. The van der Waals surface area contributed by atoms with Crippen LogP contribution in [-0.4, -0.2) is 24.1 Å². The molecule has 0 fully saturated rings. The van der Waals surface area contributed by atoms with Gasteiger partial charge in [0.2, 0.25) is 0 Å². The molecule has 4 heteroatoms. The van der Waals surface area contributed by atoms with Crippen molar-refractivity contribution in [3.63, 3.8) is 0 Å². The van der Waals surface area contributed by atoms with Crippen LogP contribution in [0.1, 0.15) is 70.7 Å². The zero-order valence-corrected chi connectivity index (χ0v) is 17.7. The number of esters is 2. The van der Waals surface area contributed by atoms with E-state index in [1.54, 1.807) is 12.1 Å². The molecule has 0 radical (unpaired) electrons. The molecule has 0 aromatic heterocycles. The van der Waals surface area contributed by atoms with Gasteiger partial charge in [0.05, 0.1) is 5.56 Å². The van der Waals surface area contributed by atoms with Crippen molar-refractivity contribution in [1.29, 1.82) is 0 Å². The summed E-state index contributed by atoms with van der Waals surface area (Å²) in [4.78, 5) is 24.3. The number of carbonyl (C=O) groups is 2. The number of hydrogen-bond donors (Lipinski definition) is 0. The molecule has 152 valence electrons. The van der Waals surface area contributed by atoms with Gasteiger partial charge in [-0.3, -0.25) is 4.79 Å². The summed E-state index contributed by atoms with van der Waals surface area (Å²) in [7, 11) is 0. The van der Waals surface area contributed by atoms with Gasteiger partial charge in [0.1, 0.15) is 12.2 Å². The molecular weight excluding hydrogens is 352 g/mol. The first-order chi connectivity index (χ1) is 13.2. The molecule has 1 aromatic rings. The first-order valence-corrected chi connectivity index (χ1v) is 9.96. The fraction of sp³-hybridized carbons (Fsp3) is 0.500. The predicted molar refractivity (Wildman–Crippen MR) is 111 cm³/mol. The Morgan fingerprint density at radius 1 is 1.07 bits per heavy atom. The SMILES string of the molecule is CC(=O)O[C@@H]1/C=C(/C)C(OC(=O)c2ccccc2)C/C=C(\C)CCCC1(C)C. The highest BCUT2D eigenvalue weighted by molar-refractivity contribution is 5.89. The Kier molecular flexibility index (Phi) is 7.61. The lowest BCUT2D eigenvalue weighted by Crippen LogP contribution is -2.33. The summed E-state index contributed by atoms with van der Waals surface area (Å²) in [5.74, 6) is -0.647. The van der Waals surface area contributed by atoms with E-state index in [0.29, 0.717) is 12.0 Å². The van der Waals surface area contributed by atoms with Crippen LogP contribution in [-0.2, 0) is 14.3 Å². The van der Waals surface area contributed by atoms with Crippen LogP contribution in [0.5, 0.6) is 0 Å². The van der Waals surface area contributed by atoms with Crippen LogP contribution in [0.4, 0.5) is 0 Å². The second-order valence-corrected chi connectivity index (χ2v) is 8.33.